The van der Waals surface area contributed by atoms with E-state index in [1.807, 2.05) is 0 Å². The zero-order valence-corrected chi connectivity index (χ0v) is 13.2. The van der Waals surface area contributed by atoms with Crippen molar-refractivity contribution in [1.29, 1.82) is 0 Å². The minimum atomic E-state index is -0.934. The molecule has 2 fully saturated rings. The predicted octanol–water partition coefficient (Wildman–Crippen LogP) is 2.30. The Kier molecular flexibility index (Phi) is 4.91. The summed E-state index contributed by atoms with van der Waals surface area (Å²) in [6.45, 7) is 3.22. The van der Waals surface area contributed by atoms with Gasteiger partial charge in [-0.3, -0.25) is 9.59 Å². The fourth-order valence-electron chi connectivity index (χ4n) is 4.04. The Bertz CT molecular complexity index is 399. The third-order valence-corrected chi connectivity index (χ3v) is 5.43. The summed E-state index contributed by atoms with van der Waals surface area (Å²) in [5, 5.41) is 9.59. The van der Waals surface area contributed by atoms with Crippen LogP contribution in [0.4, 0.5) is 0 Å². The number of amides is 1. The van der Waals surface area contributed by atoms with Gasteiger partial charge >= 0.3 is 5.97 Å². The van der Waals surface area contributed by atoms with E-state index in [2.05, 4.69) is 6.92 Å². The first-order valence-electron chi connectivity index (χ1n) is 8.01. The SMILES string of the molecule is CCC1(C(=O)N2CCCC(COC)(C(=O)O)C2)CCCC1. The monoisotopic (exact) mass is 297 g/mol. The standard InChI is InChI=1S/C16H27NO4/c1-3-15(7-4-5-8-15)13(18)17-10-6-9-16(11-17,12-21-2)14(19)20/h3-12H2,1-2H3,(H,19,20). The van der Waals surface area contributed by atoms with Gasteiger partial charge in [0.15, 0.2) is 0 Å². The number of ether oxygens (including phenoxy) is 1. The number of carboxylic acid groups (broad SMARTS) is 1. The molecule has 0 aromatic heterocycles. The normalized spacial score (nSPS) is 28.6. The molecule has 0 spiro atoms. The smallest absolute Gasteiger partial charge is 0.313 e. The zero-order chi connectivity index (χ0) is 15.5. The van der Waals surface area contributed by atoms with Crippen LogP contribution in [0, 0.1) is 10.8 Å². The minimum Gasteiger partial charge on any atom is -0.481 e. The summed E-state index contributed by atoms with van der Waals surface area (Å²) >= 11 is 0. The van der Waals surface area contributed by atoms with Crippen molar-refractivity contribution in [3.63, 3.8) is 0 Å². The quantitative estimate of drug-likeness (QED) is 0.845. The third kappa shape index (κ3) is 2.93. The molecule has 1 N–H and O–H groups in total. The molecule has 1 atom stereocenters. The van der Waals surface area contributed by atoms with Crippen LogP contribution in [0.2, 0.25) is 0 Å². The topological polar surface area (TPSA) is 66.8 Å². The summed E-state index contributed by atoms with van der Waals surface area (Å²) in [7, 11) is 1.52. The molecule has 0 radical (unpaired) electrons. The van der Waals surface area contributed by atoms with Crippen LogP contribution in [-0.4, -0.2) is 48.7 Å². The van der Waals surface area contributed by atoms with Crippen molar-refractivity contribution in [1.82, 2.24) is 4.90 Å². The van der Waals surface area contributed by atoms with Crippen LogP contribution in [0.1, 0.15) is 51.9 Å². The second kappa shape index (κ2) is 6.34. The Hall–Kier alpha value is -1.10. The van der Waals surface area contributed by atoms with Crippen molar-refractivity contribution < 1.29 is 19.4 Å². The van der Waals surface area contributed by atoms with Gasteiger partial charge in [-0.1, -0.05) is 19.8 Å². The largest absolute Gasteiger partial charge is 0.481 e. The van der Waals surface area contributed by atoms with Crippen LogP contribution in [0.25, 0.3) is 0 Å². The first-order valence-corrected chi connectivity index (χ1v) is 8.01. The van der Waals surface area contributed by atoms with Crippen molar-refractivity contribution in [3.05, 3.63) is 0 Å². The molecule has 1 amide bonds. The Balaban J connectivity index is 2.16. The first kappa shape index (κ1) is 16.3. The molecule has 0 aromatic rings. The third-order valence-electron chi connectivity index (χ3n) is 5.43. The second-order valence-electron chi connectivity index (χ2n) is 6.69. The predicted molar refractivity (Wildman–Crippen MR) is 79.0 cm³/mol. The van der Waals surface area contributed by atoms with Crippen molar-refractivity contribution in [2.45, 2.75) is 51.9 Å². The summed E-state index contributed by atoms with van der Waals surface area (Å²) in [5.74, 6) is -0.678. The van der Waals surface area contributed by atoms with Crippen molar-refractivity contribution in [2.75, 3.05) is 26.8 Å². The van der Waals surface area contributed by atoms with Gasteiger partial charge < -0.3 is 14.7 Å². The summed E-state index contributed by atoms with van der Waals surface area (Å²) in [4.78, 5) is 26.4. The summed E-state index contributed by atoms with van der Waals surface area (Å²) in [6.07, 6.45) is 6.28. The highest BCUT2D eigenvalue weighted by atomic mass is 16.5. The molecule has 0 aromatic carbocycles. The molecule has 0 bridgehead atoms. The molecule has 1 saturated heterocycles. The van der Waals surface area contributed by atoms with E-state index in [-0.39, 0.29) is 24.5 Å². The van der Waals surface area contributed by atoms with Crippen LogP contribution in [0.5, 0.6) is 0 Å². The number of hydrogen-bond acceptors (Lipinski definition) is 3. The lowest BCUT2D eigenvalue weighted by atomic mass is 9.77. The van der Waals surface area contributed by atoms with Gasteiger partial charge in [0.2, 0.25) is 5.91 Å². The highest BCUT2D eigenvalue weighted by molar-refractivity contribution is 5.84. The van der Waals surface area contributed by atoms with E-state index in [9.17, 15) is 14.7 Å². The Morgan fingerprint density at radius 2 is 1.76 bits per heavy atom. The molecular formula is C16H27NO4. The molecular weight excluding hydrogens is 270 g/mol. The lowest BCUT2D eigenvalue weighted by Crippen LogP contribution is -2.55. The highest BCUT2D eigenvalue weighted by Gasteiger charge is 2.48. The van der Waals surface area contributed by atoms with Gasteiger partial charge in [-0.2, -0.15) is 0 Å². The summed E-state index contributed by atoms with van der Waals surface area (Å²) in [6, 6.07) is 0. The number of carbonyl (C=O) groups is 2. The molecule has 1 aliphatic carbocycles. The summed E-state index contributed by atoms with van der Waals surface area (Å²) < 4.78 is 5.13. The van der Waals surface area contributed by atoms with E-state index < -0.39 is 11.4 Å². The van der Waals surface area contributed by atoms with Crippen molar-refractivity contribution in [2.24, 2.45) is 10.8 Å². The molecule has 2 aliphatic rings. The van der Waals surface area contributed by atoms with Gasteiger partial charge in [0.05, 0.1) is 6.61 Å². The fraction of sp³-hybridized carbons (Fsp3) is 0.875. The average molecular weight is 297 g/mol. The molecule has 1 saturated carbocycles. The van der Waals surface area contributed by atoms with Crippen LogP contribution in [-0.2, 0) is 14.3 Å². The first-order chi connectivity index (χ1) is 9.99. The van der Waals surface area contributed by atoms with E-state index in [4.69, 9.17) is 4.74 Å². The summed E-state index contributed by atoms with van der Waals surface area (Å²) in [5.41, 5.74) is -1.18. The number of nitrogens with zero attached hydrogens (tertiary/aromatic N) is 1. The minimum absolute atomic E-state index is 0.170. The van der Waals surface area contributed by atoms with Gasteiger partial charge in [0.1, 0.15) is 5.41 Å². The molecule has 2 rings (SSSR count). The highest BCUT2D eigenvalue weighted by Crippen LogP contribution is 2.44. The van der Waals surface area contributed by atoms with Crippen LogP contribution >= 0.6 is 0 Å². The van der Waals surface area contributed by atoms with E-state index in [1.54, 1.807) is 4.90 Å². The zero-order valence-electron chi connectivity index (χ0n) is 13.2. The number of rotatable bonds is 5. The number of piperidine rings is 1. The van der Waals surface area contributed by atoms with E-state index in [0.29, 0.717) is 13.0 Å². The number of carboxylic acids is 1. The molecule has 1 unspecified atom stereocenters. The Morgan fingerprint density at radius 3 is 2.29 bits per heavy atom. The van der Waals surface area contributed by atoms with Crippen LogP contribution < -0.4 is 0 Å². The van der Waals surface area contributed by atoms with E-state index in [0.717, 1.165) is 38.5 Å². The maximum absolute atomic E-state index is 13.0. The lowest BCUT2D eigenvalue weighted by Gasteiger charge is -2.43. The number of carbonyl (C=O) groups excluding carboxylic acids is 1. The molecule has 5 heteroatoms. The Labute approximate surface area is 126 Å². The number of hydrogen-bond donors (Lipinski definition) is 1. The fourth-order valence-corrected chi connectivity index (χ4v) is 4.04. The van der Waals surface area contributed by atoms with Gasteiger partial charge in [-0.15, -0.1) is 0 Å². The van der Waals surface area contributed by atoms with Crippen LogP contribution in [0.15, 0.2) is 0 Å². The number of methoxy groups -OCH3 is 1. The molecule has 120 valence electrons. The van der Waals surface area contributed by atoms with Gasteiger partial charge in [-0.25, -0.2) is 0 Å². The molecule has 1 aliphatic heterocycles. The maximum atomic E-state index is 13.0. The van der Waals surface area contributed by atoms with E-state index in [1.165, 1.54) is 7.11 Å². The molecule has 21 heavy (non-hydrogen) atoms. The lowest BCUT2D eigenvalue weighted by molar-refractivity contribution is -0.161. The van der Waals surface area contributed by atoms with Crippen molar-refractivity contribution >= 4 is 11.9 Å². The van der Waals surface area contributed by atoms with Gasteiger partial charge in [0, 0.05) is 25.6 Å². The van der Waals surface area contributed by atoms with Gasteiger partial charge in [-0.05, 0) is 32.1 Å². The second-order valence-corrected chi connectivity index (χ2v) is 6.69. The maximum Gasteiger partial charge on any atom is 0.313 e. The molecule has 1 heterocycles. The Morgan fingerprint density at radius 1 is 1.14 bits per heavy atom. The van der Waals surface area contributed by atoms with Gasteiger partial charge in [0.25, 0.3) is 0 Å². The van der Waals surface area contributed by atoms with Crippen LogP contribution in [0.3, 0.4) is 0 Å². The number of likely N-dealkylation sites (tertiary alicyclic amines) is 1. The van der Waals surface area contributed by atoms with Crippen molar-refractivity contribution in [3.8, 4) is 0 Å². The average Bonchev–Trinajstić information content (AvgIpc) is 2.97. The molecule has 5 nitrogen and oxygen atoms in total. The number of aliphatic carboxylic acids is 1. The van der Waals surface area contributed by atoms with E-state index >= 15 is 0 Å².